The van der Waals surface area contributed by atoms with Crippen molar-refractivity contribution in [3.05, 3.63) is 35.1 Å². The van der Waals surface area contributed by atoms with E-state index in [1.807, 2.05) is 0 Å². The Morgan fingerprint density at radius 3 is 2.67 bits per heavy atom. The van der Waals surface area contributed by atoms with E-state index in [0.717, 1.165) is 6.07 Å². The Balaban J connectivity index is 2.18. The fourth-order valence-corrected chi connectivity index (χ4v) is 2.04. The number of rotatable bonds is 2. The van der Waals surface area contributed by atoms with Gasteiger partial charge in [0.05, 0.1) is 5.56 Å². The third-order valence-corrected chi connectivity index (χ3v) is 3.12. The molecule has 21 heavy (non-hydrogen) atoms. The summed E-state index contributed by atoms with van der Waals surface area (Å²) in [7, 11) is 0. The van der Waals surface area contributed by atoms with Crippen LogP contribution in [0.5, 0.6) is 0 Å². The second kappa shape index (κ2) is 5.71. The van der Waals surface area contributed by atoms with E-state index in [-0.39, 0.29) is 11.5 Å². The van der Waals surface area contributed by atoms with Gasteiger partial charge in [-0.05, 0) is 31.0 Å². The Hall–Kier alpha value is -2.12. The summed E-state index contributed by atoms with van der Waals surface area (Å²) in [6, 6.07) is 1.18. The van der Waals surface area contributed by atoms with Gasteiger partial charge in [-0.15, -0.1) is 0 Å². The normalized spacial score (nSPS) is 19.0. The highest BCUT2D eigenvalue weighted by Gasteiger charge is 2.35. The molecule has 2 rings (SSSR count). The van der Waals surface area contributed by atoms with Crippen LogP contribution in [0, 0.1) is 5.82 Å². The third-order valence-electron chi connectivity index (χ3n) is 3.12. The molecule has 8 heteroatoms. The number of carbonyl (C=O) groups excluding carboxylic acids is 2. The van der Waals surface area contributed by atoms with Crippen molar-refractivity contribution in [2.24, 2.45) is 0 Å². The van der Waals surface area contributed by atoms with Crippen LogP contribution in [0.3, 0.4) is 0 Å². The predicted molar refractivity (Wildman–Crippen MR) is 64.9 cm³/mol. The Kier molecular flexibility index (Phi) is 4.15. The monoisotopic (exact) mass is 304 g/mol. The average Bonchev–Trinajstić information content (AvgIpc) is 2.40. The first kappa shape index (κ1) is 15.3. The number of piperidine rings is 1. The van der Waals surface area contributed by atoms with Gasteiger partial charge in [0, 0.05) is 12.1 Å². The maximum atomic E-state index is 13.1. The Morgan fingerprint density at radius 1 is 1.33 bits per heavy atom. The molecule has 2 amide bonds. The summed E-state index contributed by atoms with van der Waals surface area (Å²) in [5.41, 5.74) is -1.86. The maximum Gasteiger partial charge on any atom is 0.419 e. The minimum atomic E-state index is -4.89. The van der Waals surface area contributed by atoms with Crippen LogP contribution in [-0.2, 0) is 11.0 Å². The lowest BCUT2D eigenvalue weighted by Crippen LogP contribution is -2.50. The molecular formula is C13H12F4N2O2. The largest absolute Gasteiger partial charge is 0.419 e. The highest BCUT2D eigenvalue weighted by atomic mass is 19.4. The molecule has 1 fully saturated rings. The highest BCUT2D eigenvalue weighted by molar-refractivity contribution is 5.97. The number of hydrogen-bond acceptors (Lipinski definition) is 2. The van der Waals surface area contributed by atoms with Crippen molar-refractivity contribution in [2.45, 2.75) is 25.1 Å². The van der Waals surface area contributed by atoms with Gasteiger partial charge in [0.25, 0.3) is 5.91 Å². The van der Waals surface area contributed by atoms with Crippen molar-refractivity contribution in [1.82, 2.24) is 10.6 Å². The summed E-state index contributed by atoms with van der Waals surface area (Å²) < 4.78 is 50.9. The molecule has 1 saturated heterocycles. The average molecular weight is 304 g/mol. The van der Waals surface area contributed by atoms with Crippen molar-refractivity contribution in [2.75, 3.05) is 6.54 Å². The molecule has 1 aromatic carbocycles. The minimum Gasteiger partial charge on any atom is -0.354 e. The van der Waals surface area contributed by atoms with E-state index in [1.54, 1.807) is 0 Å². The second-order valence-electron chi connectivity index (χ2n) is 4.65. The van der Waals surface area contributed by atoms with Gasteiger partial charge >= 0.3 is 6.18 Å². The molecule has 1 aromatic rings. The van der Waals surface area contributed by atoms with E-state index in [4.69, 9.17) is 0 Å². The first-order chi connectivity index (χ1) is 9.79. The number of alkyl halides is 3. The van der Waals surface area contributed by atoms with Gasteiger partial charge in [-0.1, -0.05) is 0 Å². The van der Waals surface area contributed by atoms with Crippen LogP contribution < -0.4 is 10.6 Å². The fraction of sp³-hybridized carbons (Fsp3) is 0.385. The molecule has 1 atom stereocenters. The van der Waals surface area contributed by atoms with Crippen molar-refractivity contribution in [1.29, 1.82) is 0 Å². The summed E-state index contributed by atoms with van der Waals surface area (Å²) in [5, 5.41) is 4.88. The first-order valence-electron chi connectivity index (χ1n) is 6.24. The van der Waals surface area contributed by atoms with Gasteiger partial charge in [0.2, 0.25) is 5.91 Å². The zero-order chi connectivity index (χ0) is 15.6. The smallest absolute Gasteiger partial charge is 0.354 e. The summed E-state index contributed by atoms with van der Waals surface area (Å²) in [4.78, 5) is 23.3. The van der Waals surface area contributed by atoms with E-state index < -0.39 is 29.5 Å². The second-order valence-corrected chi connectivity index (χ2v) is 4.65. The molecule has 1 aliphatic rings. The number of carbonyl (C=O) groups is 2. The molecule has 1 aliphatic heterocycles. The van der Waals surface area contributed by atoms with Gasteiger partial charge in [-0.3, -0.25) is 9.59 Å². The lowest BCUT2D eigenvalue weighted by atomic mass is 10.0. The molecule has 0 aromatic heterocycles. The molecule has 0 bridgehead atoms. The standard InChI is InChI=1S/C13H12F4N2O2/c14-9-4-3-7(6-8(9)13(15,16)17)11(20)19-10-2-1-5-18-12(10)21/h3-4,6,10H,1-2,5H2,(H,18,21)(H,19,20). The van der Waals surface area contributed by atoms with Crippen LogP contribution in [0.15, 0.2) is 18.2 Å². The highest BCUT2D eigenvalue weighted by Crippen LogP contribution is 2.31. The van der Waals surface area contributed by atoms with E-state index in [1.165, 1.54) is 0 Å². The van der Waals surface area contributed by atoms with Crippen LogP contribution in [0.25, 0.3) is 0 Å². The van der Waals surface area contributed by atoms with E-state index >= 15 is 0 Å². The topological polar surface area (TPSA) is 58.2 Å². The zero-order valence-corrected chi connectivity index (χ0v) is 10.8. The Morgan fingerprint density at radius 2 is 2.05 bits per heavy atom. The fourth-order valence-electron chi connectivity index (χ4n) is 2.04. The molecule has 0 spiro atoms. The SMILES string of the molecule is O=C(NC1CCCNC1=O)c1ccc(F)c(C(F)(F)F)c1. The van der Waals surface area contributed by atoms with Gasteiger partial charge in [0.15, 0.2) is 0 Å². The van der Waals surface area contributed by atoms with Crippen LogP contribution in [0.1, 0.15) is 28.8 Å². The number of nitrogens with one attached hydrogen (secondary N) is 2. The molecule has 0 aliphatic carbocycles. The Labute approximate surface area is 117 Å². The third kappa shape index (κ3) is 3.50. The van der Waals surface area contributed by atoms with Gasteiger partial charge in [-0.25, -0.2) is 4.39 Å². The predicted octanol–water partition coefficient (Wildman–Crippen LogP) is 1.85. The lowest BCUT2D eigenvalue weighted by Gasteiger charge is -2.22. The van der Waals surface area contributed by atoms with Crippen LogP contribution in [0.2, 0.25) is 0 Å². The minimum absolute atomic E-state index is 0.345. The molecule has 2 N–H and O–H groups in total. The van der Waals surface area contributed by atoms with Crippen molar-refractivity contribution >= 4 is 11.8 Å². The first-order valence-corrected chi connectivity index (χ1v) is 6.24. The molecule has 1 heterocycles. The van der Waals surface area contributed by atoms with E-state index in [0.29, 0.717) is 31.5 Å². The number of halogens is 4. The quantitative estimate of drug-likeness (QED) is 0.819. The summed E-state index contributed by atoms with van der Waals surface area (Å²) in [6.07, 6.45) is -3.82. The van der Waals surface area contributed by atoms with Gasteiger partial charge in [-0.2, -0.15) is 13.2 Å². The molecule has 114 valence electrons. The maximum absolute atomic E-state index is 13.1. The van der Waals surface area contributed by atoms with Crippen LogP contribution >= 0.6 is 0 Å². The van der Waals surface area contributed by atoms with E-state index in [9.17, 15) is 27.2 Å². The molecule has 0 saturated carbocycles. The zero-order valence-electron chi connectivity index (χ0n) is 10.8. The summed E-state index contributed by atoms with van der Waals surface area (Å²) >= 11 is 0. The van der Waals surface area contributed by atoms with Crippen molar-refractivity contribution in [3.63, 3.8) is 0 Å². The number of amides is 2. The molecule has 1 unspecified atom stereocenters. The van der Waals surface area contributed by atoms with Gasteiger partial charge < -0.3 is 10.6 Å². The summed E-state index contributed by atoms with van der Waals surface area (Å²) in [5.74, 6) is -2.68. The number of hydrogen-bond donors (Lipinski definition) is 2. The Bertz CT molecular complexity index is 572. The molecular weight excluding hydrogens is 292 g/mol. The van der Waals surface area contributed by atoms with Crippen LogP contribution in [-0.4, -0.2) is 24.4 Å². The number of benzene rings is 1. The van der Waals surface area contributed by atoms with Gasteiger partial charge in [0.1, 0.15) is 11.9 Å². The van der Waals surface area contributed by atoms with E-state index in [2.05, 4.69) is 10.6 Å². The van der Waals surface area contributed by atoms with Crippen molar-refractivity contribution in [3.8, 4) is 0 Å². The van der Waals surface area contributed by atoms with Crippen LogP contribution in [0.4, 0.5) is 17.6 Å². The summed E-state index contributed by atoms with van der Waals surface area (Å²) in [6.45, 7) is 0.500. The van der Waals surface area contributed by atoms with Crippen molar-refractivity contribution < 1.29 is 27.2 Å². The molecule has 4 nitrogen and oxygen atoms in total. The lowest BCUT2D eigenvalue weighted by molar-refractivity contribution is -0.140. The molecule has 0 radical (unpaired) electrons.